The van der Waals surface area contributed by atoms with E-state index >= 15 is 0 Å². The topological polar surface area (TPSA) is 23.5 Å². The Balaban J connectivity index is 2.09. The number of hydrogen-bond donors (Lipinski definition) is 1. The number of likely N-dealkylation sites (N-methyl/N-ethyl adjacent to an activating group) is 1. The van der Waals surface area contributed by atoms with Crippen LogP contribution in [0, 0.1) is 0 Å². The van der Waals surface area contributed by atoms with Crippen LogP contribution in [0.3, 0.4) is 0 Å². The second kappa shape index (κ2) is 4.77. The number of aliphatic hydroxyl groups excluding tert-OH is 1. The maximum absolute atomic E-state index is 10.3. The predicted octanol–water partition coefficient (Wildman–Crippen LogP) is 2.20. The van der Waals surface area contributed by atoms with Gasteiger partial charge in [0.15, 0.2) is 0 Å². The van der Waals surface area contributed by atoms with E-state index in [1.807, 2.05) is 30.3 Å². The molecule has 1 heterocycles. The molecule has 1 aliphatic heterocycles. The van der Waals surface area contributed by atoms with Crippen LogP contribution in [0.1, 0.15) is 30.9 Å². The highest BCUT2D eigenvalue weighted by atomic mass is 16.3. The third-order valence-corrected chi connectivity index (χ3v) is 3.33. The summed E-state index contributed by atoms with van der Waals surface area (Å²) >= 11 is 0. The van der Waals surface area contributed by atoms with Gasteiger partial charge in [0.25, 0.3) is 0 Å². The first kappa shape index (κ1) is 10.7. The molecule has 0 aromatic heterocycles. The van der Waals surface area contributed by atoms with Crippen molar-refractivity contribution in [3.05, 3.63) is 35.9 Å². The average molecular weight is 205 g/mol. The Morgan fingerprint density at radius 2 is 2.00 bits per heavy atom. The molecule has 0 saturated carbocycles. The molecule has 1 N–H and O–H groups in total. The summed E-state index contributed by atoms with van der Waals surface area (Å²) in [5.74, 6) is 0. The molecule has 82 valence electrons. The molecule has 2 atom stereocenters. The van der Waals surface area contributed by atoms with Gasteiger partial charge in [0.2, 0.25) is 0 Å². The van der Waals surface area contributed by atoms with Crippen LogP contribution < -0.4 is 0 Å². The fourth-order valence-corrected chi connectivity index (χ4v) is 2.37. The van der Waals surface area contributed by atoms with Crippen LogP contribution in [0.4, 0.5) is 0 Å². The highest BCUT2D eigenvalue weighted by Gasteiger charge is 2.26. The van der Waals surface area contributed by atoms with Crippen molar-refractivity contribution >= 4 is 0 Å². The molecule has 15 heavy (non-hydrogen) atoms. The summed E-state index contributed by atoms with van der Waals surface area (Å²) in [7, 11) is 2.11. The van der Waals surface area contributed by atoms with Crippen LogP contribution in [0.25, 0.3) is 0 Å². The van der Waals surface area contributed by atoms with Gasteiger partial charge in [-0.1, -0.05) is 36.8 Å². The lowest BCUT2D eigenvalue weighted by atomic mass is 9.93. The fraction of sp³-hybridized carbons (Fsp3) is 0.538. The van der Waals surface area contributed by atoms with Crippen LogP contribution in [-0.2, 0) is 0 Å². The van der Waals surface area contributed by atoms with Gasteiger partial charge in [-0.25, -0.2) is 0 Å². The molecular weight excluding hydrogens is 186 g/mol. The maximum atomic E-state index is 10.3. The molecule has 2 rings (SSSR count). The molecule has 1 aliphatic rings. The number of likely N-dealkylation sites (tertiary alicyclic amines) is 1. The minimum Gasteiger partial charge on any atom is -0.387 e. The molecule has 0 spiro atoms. The van der Waals surface area contributed by atoms with Gasteiger partial charge in [0.05, 0.1) is 6.10 Å². The summed E-state index contributed by atoms with van der Waals surface area (Å²) in [6.07, 6.45) is 3.26. The minimum atomic E-state index is -0.337. The largest absolute Gasteiger partial charge is 0.387 e. The lowest BCUT2D eigenvalue weighted by molar-refractivity contribution is 0.0403. The van der Waals surface area contributed by atoms with Gasteiger partial charge >= 0.3 is 0 Å². The smallest absolute Gasteiger partial charge is 0.0945 e. The highest BCUT2D eigenvalue weighted by molar-refractivity contribution is 5.19. The van der Waals surface area contributed by atoms with Gasteiger partial charge in [0.1, 0.15) is 0 Å². The van der Waals surface area contributed by atoms with E-state index in [0.717, 1.165) is 18.5 Å². The Labute approximate surface area is 91.5 Å². The number of benzene rings is 1. The molecule has 0 amide bonds. The summed E-state index contributed by atoms with van der Waals surface area (Å²) in [6, 6.07) is 10.3. The molecule has 0 unspecified atom stereocenters. The molecule has 0 radical (unpaired) electrons. The van der Waals surface area contributed by atoms with E-state index in [1.54, 1.807) is 0 Å². The molecule has 1 saturated heterocycles. The molecule has 2 heteroatoms. The van der Waals surface area contributed by atoms with Crippen LogP contribution in [0.2, 0.25) is 0 Å². The van der Waals surface area contributed by atoms with Crippen molar-refractivity contribution in [3.63, 3.8) is 0 Å². The molecular formula is C13H19NO. The number of hydrogen-bond acceptors (Lipinski definition) is 2. The first-order valence-electron chi connectivity index (χ1n) is 5.72. The van der Waals surface area contributed by atoms with E-state index in [2.05, 4.69) is 11.9 Å². The SMILES string of the molecule is CN1CCCC[C@H]1[C@@H](O)c1ccccc1. The van der Waals surface area contributed by atoms with Crippen LogP contribution in [0.5, 0.6) is 0 Å². The quantitative estimate of drug-likeness (QED) is 0.800. The number of nitrogens with zero attached hydrogens (tertiary/aromatic N) is 1. The Hall–Kier alpha value is -0.860. The molecule has 1 aromatic rings. The van der Waals surface area contributed by atoms with Crippen molar-refractivity contribution in [2.75, 3.05) is 13.6 Å². The van der Waals surface area contributed by atoms with Crippen molar-refractivity contribution in [1.82, 2.24) is 4.90 Å². The number of rotatable bonds is 2. The summed E-state index contributed by atoms with van der Waals surface area (Å²) in [5, 5.41) is 10.3. The fourth-order valence-electron chi connectivity index (χ4n) is 2.37. The zero-order chi connectivity index (χ0) is 10.7. The van der Waals surface area contributed by atoms with Gasteiger partial charge in [0, 0.05) is 6.04 Å². The summed E-state index contributed by atoms with van der Waals surface area (Å²) in [4.78, 5) is 2.28. The average Bonchev–Trinajstić information content (AvgIpc) is 2.30. The lowest BCUT2D eigenvalue weighted by Gasteiger charge is -2.35. The Morgan fingerprint density at radius 1 is 1.27 bits per heavy atom. The second-order valence-corrected chi connectivity index (χ2v) is 4.40. The molecule has 0 bridgehead atoms. The Kier molecular flexibility index (Phi) is 3.39. The van der Waals surface area contributed by atoms with Crippen molar-refractivity contribution in [2.24, 2.45) is 0 Å². The van der Waals surface area contributed by atoms with Crippen molar-refractivity contribution in [1.29, 1.82) is 0 Å². The van der Waals surface area contributed by atoms with Gasteiger partial charge < -0.3 is 10.0 Å². The molecule has 1 fully saturated rings. The number of piperidine rings is 1. The molecule has 1 aromatic carbocycles. The van der Waals surface area contributed by atoms with Crippen molar-refractivity contribution < 1.29 is 5.11 Å². The highest BCUT2D eigenvalue weighted by Crippen LogP contribution is 2.27. The summed E-state index contributed by atoms with van der Waals surface area (Å²) in [5.41, 5.74) is 1.04. The number of aliphatic hydroxyl groups is 1. The Bertz CT molecular complexity index is 299. The Morgan fingerprint density at radius 3 is 2.67 bits per heavy atom. The van der Waals surface area contributed by atoms with Gasteiger partial charge in [-0.3, -0.25) is 0 Å². The van der Waals surface area contributed by atoms with E-state index in [0.29, 0.717) is 6.04 Å². The van der Waals surface area contributed by atoms with Gasteiger partial charge in [-0.15, -0.1) is 0 Å². The second-order valence-electron chi connectivity index (χ2n) is 4.40. The van der Waals surface area contributed by atoms with Gasteiger partial charge in [-0.2, -0.15) is 0 Å². The normalized spacial score (nSPS) is 25.1. The minimum absolute atomic E-state index is 0.293. The van der Waals surface area contributed by atoms with Crippen LogP contribution >= 0.6 is 0 Å². The summed E-state index contributed by atoms with van der Waals surface area (Å²) < 4.78 is 0. The molecule has 2 nitrogen and oxygen atoms in total. The monoisotopic (exact) mass is 205 g/mol. The van der Waals surface area contributed by atoms with Crippen molar-refractivity contribution in [2.45, 2.75) is 31.4 Å². The van der Waals surface area contributed by atoms with E-state index in [9.17, 15) is 5.11 Å². The van der Waals surface area contributed by atoms with E-state index in [1.165, 1.54) is 12.8 Å². The van der Waals surface area contributed by atoms with E-state index < -0.39 is 0 Å². The third-order valence-electron chi connectivity index (χ3n) is 3.33. The first-order valence-corrected chi connectivity index (χ1v) is 5.72. The zero-order valence-corrected chi connectivity index (χ0v) is 9.26. The predicted molar refractivity (Wildman–Crippen MR) is 61.7 cm³/mol. The van der Waals surface area contributed by atoms with Gasteiger partial charge in [-0.05, 0) is 32.0 Å². The van der Waals surface area contributed by atoms with E-state index in [-0.39, 0.29) is 6.10 Å². The first-order chi connectivity index (χ1) is 7.29. The van der Waals surface area contributed by atoms with E-state index in [4.69, 9.17) is 0 Å². The standard InChI is InChI=1S/C13H19NO/c1-14-10-6-5-9-12(14)13(15)11-7-3-2-4-8-11/h2-4,7-8,12-13,15H,5-6,9-10H2,1H3/t12-,13-/m0/s1. The summed E-state index contributed by atoms with van der Waals surface area (Å²) in [6.45, 7) is 1.11. The van der Waals surface area contributed by atoms with Crippen LogP contribution in [-0.4, -0.2) is 29.6 Å². The van der Waals surface area contributed by atoms with Crippen molar-refractivity contribution in [3.8, 4) is 0 Å². The molecule has 0 aliphatic carbocycles. The third kappa shape index (κ3) is 2.39. The lowest BCUT2D eigenvalue weighted by Crippen LogP contribution is -2.40. The maximum Gasteiger partial charge on any atom is 0.0945 e. The zero-order valence-electron chi connectivity index (χ0n) is 9.26. The van der Waals surface area contributed by atoms with Crippen LogP contribution in [0.15, 0.2) is 30.3 Å².